The first-order chi connectivity index (χ1) is 6.56. The van der Waals surface area contributed by atoms with Crippen LogP contribution in [0, 0.1) is 17.2 Å². The van der Waals surface area contributed by atoms with Crippen molar-refractivity contribution in [3.05, 3.63) is 16.4 Å². The van der Waals surface area contributed by atoms with Crippen molar-refractivity contribution in [2.24, 2.45) is 13.0 Å². The summed E-state index contributed by atoms with van der Waals surface area (Å²) in [4.78, 5) is 11.7. The van der Waals surface area contributed by atoms with Crippen molar-refractivity contribution in [3.63, 3.8) is 0 Å². The summed E-state index contributed by atoms with van der Waals surface area (Å²) in [6.45, 7) is 1.72. The molecule has 14 heavy (non-hydrogen) atoms. The molecule has 1 heterocycles. The third-order valence-electron chi connectivity index (χ3n) is 1.87. The van der Waals surface area contributed by atoms with Gasteiger partial charge >= 0.3 is 0 Å². The van der Waals surface area contributed by atoms with E-state index in [2.05, 4.69) is 21.0 Å². The van der Waals surface area contributed by atoms with E-state index in [1.54, 1.807) is 20.2 Å². The fraction of sp³-hybridized carbons (Fsp3) is 0.444. The number of carbonyl (C=O) groups excluding carboxylic acids is 1. The maximum atomic E-state index is 11.7. The monoisotopic (exact) mass is 255 g/mol. The lowest BCUT2D eigenvalue weighted by atomic mass is 10.0. The molecule has 1 unspecified atom stereocenters. The highest BCUT2D eigenvalue weighted by atomic mass is 79.9. The van der Waals surface area contributed by atoms with Crippen molar-refractivity contribution in [3.8, 4) is 6.07 Å². The Kier molecular flexibility index (Phi) is 3.42. The zero-order chi connectivity index (χ0) is 10.7. The van der Waals surface area contributed by atoms with Crippen LogP contribution in [0.4, 0.5) is 0 Å². The average Bonchev–Trinajstić information content (AvgIpc) is 2.46. The normalized spacial score (nSPS) is 12.1. The lowest BCUT2D eigenvalue weighted by molar-refractivity contribution is 0.0963. The lowest BCUT2D eigenvalue weighted by Crippen LogP contribution is -2.10. The molecule has 0 fully saturated rings. The van der Waals surface area contributed by atoms with Gasteiger partial charge in [0.05, 0.1) is 22.7 Å². The molecular formula is C9H10BrN3O. The maximum absolute atomic E-state index is 11.7. The second-order valence-electron chi connectivity index (χ2n) is 3.12. The van der Waals surface area contributed by atoms with E-state index < -0.39 is 0 Å². The third-order valence-corrected chi connectivity index (χ3v) is 2.45. The zero-order valence-electron chi connectivity index (χ0n) is 7.99. The van der Waals surface area contributed by atoms with Gasteiger partial charge in [-0.1, -0.05) is 0 Å². The molecule has 1 rings (SSSR count). The molecule has 0 bridgehead atoms. The SMILES string of the molecule is CC(C#N)CC(=O)c1c(Br)cnn1C. The van der Waals surface area contributed by atoms with Gasteiger partial charge in [-0.2, -0.15) is 10.4 Å². The maximum Gasteiger partial charge on any atom is 0.183 e. The van der Waals surface area contributed by atoms with Crippen LogP contribution < -0.4 is 0 Å². The number of carbonyl (C=O) groups is 1. The fourth-order valence-corrected chi connectivity index (χ4v) is 1.71. The van der Waals surface area contributed by atoms with Gasteiger partial charge in [0.15, 0.2) is 5.78 Å². The second-order valence-corrected chi connectivity index (χ2v) is 3.98. The van der Waals surface area contributed by atoms with Crippen LogP contribution in [0.5, 0.6) is 0 Å². The number of aryl methyl sites for hydroxylation is 1. The quantitative estimate of drug-likeness (QED) is 0.776. The summed E-state index contributed by atoms with van der Waals surface area (Å²) in [5.41, 5.74) is 0.520. The van der Waals surface area contributed by atoms with E-state index in [0.717, 1.165) is 0 Å². The Hall–Kier alpha value is -1.15. The van der Waals surface area contributed by atoms with E-state index in [-0.39, 0.29) is 18.1 Å². The molecule has 5 heteroatoms. The number of rotatable bonds is 3. The Balaban J connectivity index is 2.86. The van der Waals surface area contributed by atoms with E-state index in [0.29, 0.717) is 10.2 Å². The molecule has 0 aromatic carbocycles. The van der Waals surface area contributed by atoms with Crippen LogP contribution >= 0.6 is 15.9 Å². The summed E-state index contributed by atoms with van der Waals surface area (Å²) in [5, 5.41) is 12.5. The minimum Gasteiger partial charge on any atom is -0.292 e. The first-order valence-electron chi connectivity index (χ1n) is 4.16. The Bertz CT molecular complexity index is 372. The molecular weight excluding hydrogens is 246 g/mol. The van der Waals surface area contributed by atoms with Crippen molar-refractivity contribution in [2.45, 2.75) is 13.3 Å². The van der Waals surface area contributed by atoms with Gasteiger partial charge in [-0.3, -0.25) is 9.48 Å². The molecule has 1 aromatic heterocycles. The Morgan fingerprint density at radius 1 is 1.86 bits per heavy atom. The van der Waals surface area contributed by atoms with E-state index in [4.69, 9.17) is 5.26 Å². The van der Waals surface area contributed by atoms with Crippen LogP contribution in [0.1, 0.15) is 23.8 Å². The molecule has 0 spiro atoms. The van der Waals surface area contributed by atoms with Gasteiger partial charge in [-0.25, -0.2) is 0 Å². The number of halogens is 1. The molecule has 0 saturated carbocycles. The van der Waals surface area contributed by atoms with E-state index in [1.807, 2.05) is 6.07 Å². The summed E-state index contributed by atoms with van der Waals surface area (Å²) in [7, 11) is 1.70. The van der Waals surface area contributed by atoms with E-state index >= 15 is 0 Å². The predicted molar refractivity (Wildman–Crippen MR) is 54.6 cm³/mol. The molecule has 1 atom stereocenters. The lowest BCUT2D eigenvalue weighted by Gasteiger charge is -2.03. The highest BCUT2D eigenvalue weighted by Gasteiger charge is 2.17. The van der Waals surface area contributed by atoms with Crippen molar-refractivity contribution in [1.82, 2.24) is 9.78 Å². The highest BCUT2D eigenvalue weighted by molar-refractivity contribution is 9.10. The molecule has 74 valence electrons. The van der Waals surface area contributed by atoms with Gasteiger partial charge in [0.25, 0.3) is 0 Å². The van der Waals surface area contributed by atoms with Crippen LogP contribution in [-0.2, 0) is 7.05 Å². The molecule has 0 amide bonds. The number of aromatic nitrogens is 2. The molecule has 0 aliphatic rings. The Morgan fingerprint density at radius 3 is 2.93 bits per heavy atom. The molecule has 0 aliphatic heterocycles. The molecule has 0 N–H and O–H groups in total. The van der Waals surface area contributed by atoms with Crippen LogP contribution in [0.15, 0.2) is 10.7 Å². The fourth-order valence-electron chi connectivity index (χ4n) is 1.14. The van der Waals surface area contributed by atoms with Gasteiger partial charge < -0.3 is 0 Å². The van der Waals surface area contributed by atoms with Gasteiger partial charge in [0.1, 0.15) is 5.69 Å². The summed E-state index contributed by atoms with van der Waals surface area (Å²) < 4.78 is 2.19. The topological polar surface area (TPSA) is 58.7 Å². The Morgan fingerprint density at radius 2 is 2.50 bits per heavy atom. The number of Topliss-reactive ketones (excluding diaryl/α,β-unsaturated/α-hetero) is 1. The molecule has 1 aromatic rings. The predicted octanol–water partition coefficient (Wildman–Crippen LogP) is 1.92. The van der Waals surface area contributed by atoms with Crippen molar-refractivity contribution in [1.29, 1.82) is 5.26 Å². The minimum absolute atomic E-state index is 0.0640. The number of hydrogen-bond donors (Lipinski definition) is 0. The molecule has 4 nitrogen and oxygen atoms in total. The van der Waals surface area contributed by atoms with Crippen LogP contribution in [0.25, 0.3) is 0 Å². The largest absolute Gasteiger partial charge is 0.292 e. The van der Waals surface area contributed by atoms with Crippen molar-refractivity contribution < 1.29 is 4.79 Å². The van der Waals surface area contributed by atoms with Crippen LogP contribution in [0.2, 0.25) is 0 Å². The summed E-state index contributed by atoms with van der Waals surface area (Å²) in [6.07, 6.45) is 1.80. The minimum atomic E-state index is -0.260. The molecule has 0 aliphatic carbocycles. The Labute approximate surface area is 90.6 Å². The molecule has 0 saturated heterocycles. The van der Waals surface area contributed by atoms with Crippen LogP contribution in [-0.4, -0.2) is 15.6 Å². The zero-order valence-corrected chi connectivity index (χ0v) is 9.58. The van der Waals surface area contributed by atoms with Crippen LogP contribution in [0.3, 0.4) is 0 Å². The molecule has 0 radical (unpaired) electrons. The van der Waals surface area contributed by atoms with Gasteiger partial charge in [0.2, 0.25) is 0 Å². The summed E-state index contributed by atoms with van der Waals surface area (Å²) in [5.74, 6) is -0.324. The standard InChI is InChI=1S/C9H10BrN3O/c1-6(4-11)3-8(14)9-7(10)5-12-13(9)2/h5-6H,3H2,1-2H3. The number of nitrogens with zero attached hydrogens (tertiary/aromatic N) is 3. The summed E-state index contributed by atoms with van der Waals surface area (Å²) >= 11 is 3.24. The number of ketones is 1. The highest BCUT2D eigenvalue weighted by Crippen LogP contribution is 2.18. The third kappa shape index (κ3) is 2.20. The van der Waals surface area contributed by atoms with E-state index in [1.165, 1.54) is 4.68 Å². The smallest absolute Gasteiger partial charge is 0.183 e. The number of hydrogen-bond acceptors (Lipinski definition) is 3. The average molecular weight is 256 g/mol. The van der Waals surface area contributed by atoms with Gasteiger partial charge in [0, 0.05) is 13.5 Å². The van der Waals surface area contributed by atoms with Gasteiger partial charge in [-0.05, 0) is 22.9 Å². The second kappa shape index (κ2) is 4.38. The first-order valence-corrected chi connectivity index (χ1v) is 4.96. The summed E-state index contributed by atoms with van der Waals surface area (Å²) in [6, 6.07) is 2.03. The number of nitriles is 1. The first kappa shape index (κ1) is 10.9. The van der Waals surface area contributed by atoms with E-state index in [9.17, 15) is 4.79 Å². The van der Waals surface area contributed by atoms with Crippen molar-refractivity contribution >= 4 is 21.7 Å². The van der Waals surface area contributed by atoms with Crippen molar-refractivity contribution in [2.75, 3.05) is 0 Å². The van der Waals surface area contributed by atoms with Gasteiger partial charge in [-0.15, -0.1) is 0 Å².